The molecule has 1 aromatic heterocycles. The maximum absolute atomic E-state index is 12.7. The highest BCUT2D eigenvalue weighted by molar-refractivity contribution is 6.57. The average molecular weight is 365 g/mol. The summed E-state index contributed by atoms with van der Waals surface area (Å²) in [5.74, 6) is -0.724. The molecule has 0 bridgehead atoms. The van der Waals surface area contributed by atoms with E-state index < -0.39 is 13.3 Å². The molecule has 2 aliphatic heterocycles. The van der Waals surface area contributed by atoms with Crippen LogP contribution in [-0.4, -0.2) is 70.5 Å². The molecule has 2 fully saturated rings. The van der Waals surface area contributed by atoms with E-state index in [1.54, 1.807) is 4.90 Å². The number of carbonyl (C=O) groups is 2. The van der Waals surface area contributed by atoms with Crippen LogP contribution in [0.4, 0.5) is 0 Å². The number of esters is 1. The van der Waals surface area contributed by atoms with Gasteiger partial charge >= 0.3 is 13.1 Å². The number of ether oxygens (including phenoxy) is 2. The third-order valence-corrected chi connectivity index (χ3v) is 4.99. The van der Waals surface area contributed by atoms with Crippen LogP contribution < -0.4 is 5.59 Å². The van der Waals surface area contributed by atoms with Crippen molar-refractivity contribution in [2.45, 2.75) is 38.3 Å². The first-order chi connectivity index (χ1) is 12.5. The summed E-state index contributed by atoms with van der Waals surface area (Å²) in [5, 5.41) is 23.5. The highest BCUT2D eigenvalue weighted by Crippen LogP contribution is 2.23. The van der Waals surface area contributed by atoms with Gasteiger partial charge in [0.05, 0.1) is 18.6 Å². The highest BCUT2D eigenvalue weighted by Gasteiger charge is 2.32. The second kappa shape index (κ2) is 8.19. The summed E-state index contributed by atoms with van der Waals surface area (Å²) in [6, 6.07) is 1.40. The van der Waals surface area contributed by atoms with Crippen LogP contribution in [0.15, 0.2) is 6.07 Å². The van der Waals surface area contributed by atoms with E-state index in [4.69, 9.17) is 9.47 Å². The molecule has 3 rings (SSSR count). The lowest BCUT2D eigenvalue weighted by molar-refractivity contribution is -0.146. The Kier molecular flexibility index (Phi) is 5.95. The van der Waals surface area contributed by atoms with Crippen molar-refractivity contribution < 1.29 is 29.1 Å². The Labute approximate surface area is 152 Å². The standard InChI is InChI=1S/C16H24BN3O6/c1-25-16(22)11-5-7-19(8-6-11)15(21)12-10-13(17(23)24)20(18-12)14-4-2-3-9-26-14/h10-11,14,23-24H,2-9H2,1H3. The van der Waals surface area contributed by atoms with Gasteiger partial charge in [-0.15, -0.1) is 0 Å². The number of rotatable bonds is 4. The average Bonchev–Trinajstić information content (AvgIpc) is 3.13. The first-order valence-electron chi connectivity index (χ1n) is 8.95. The number of piperidine rings is 1. The van der Waals surface area contributed by atoms with Crippen molar-refractivity contribution in [3.8, 4) is 0 Å². The molecule has 9 nitrogen and oxygen atoms in total. The van der Waals surface area contributed by atoms with Gasteiger partial charge in [-0.2, -0.15) is 5.10 Å². The summed E-state index contributed by atoms with van der Waals surface area (Å²) < 4.78 is 11.8. The molecule has 0 aliphatic carbocycles. The summed E-state index contributed by atoms with van der Waals surface area (Å²) >= 11 is 0. The summed E-state index contributed by atoms with van der Waals surface area (Å²) in [7, 11) is -0.374. The van der Waals surface area contributed by atoms with Gasteiger partial charge in [0.2, 0.25) is 0 Å². The SMILES string of the molecule is COC(=O)C1CCN(C(=O)c2cc(B(O)O)n(C3CCCCO3)n2)CC1. The minimum atomic E-state index is -1.74. The first kappa shape index (κ1) is 18.9. The third kappa shape index (κ3) is 3.92. The van der Waals surface area contributed by atoms with Gasteiger partial charge in [0.1, 0.15) is 11.9 Å². The van der Waals surface area contributed by atoms with Crippen LogP contribution >= 0.6 is 0 Å². The van der Waals surface area contributed by atoms with Crippen molar-refractivity contribution in [1.82, 2.24) is 14.7 Å². The molecule has 1 aromatic rings. The molecular weight excluding hydrogens is 341 g/mol. The molecule has 2 aliphatic rings. The van der Waals surface area contributed by atoms with Crippen LogP contribution in [0.25, 0.3) is 0 Å². The Morgan fingerprint density at radius 1 is 1.27 bits per heavy atom. The number of likely N-dealkylation sites (tertiary alicyclic amines) is 1. The zero-order valence-electron chi connectivity index (χ0n) is 14.8. The molecule has 2 saturated heterocycles. The van der Waals surface area contributed by atoms with E-state index in [1.165, 1.54) is 17.9 Å². The Balaban J connectivity index is 1.72. The normalized spacial score (nSPS) is 21.5. The molecular formula is C16H24BN3O6. The summed E-state index contributed by atoms with van der Waals surface area (Å²) in [6.07, 6.45) is 3.30. The van der Waals surface area contributed by atoms with E-state index in [-0.39, 0.29) is 29.1 Å². The maximum atomic E-state index is 12.7. The van der Waals surface area contributed by atoms with Crippen molar-refractivity contribution >= 4 is 24.6 Å². The van der Waals surface area contributed by atoms with Gasteiger partial charge in [-0.3, -0.25) is 9.59 Å². The number of amides is 1. The number of hydrogen-bond acceptors (Lipinski definition) is 7. The molecule has 3 heterocycles. The molecule has 142 valence electrons. The largest absolute Gasteiger partial charge is 0.507 e. The molecule has 2 N–H and O–H groups in total. The van der Waals surface area contributed by atoms with Gasteiger partial charge in [0.25, 0.3) is 5.91 Å². The number of aromatic nitrogens is 2. The predicted octanol–water partition coefficient (Wildman–Crippen LogP) is -0.713. The summed E-state index contributed by atoms with van der Waals surface area (Å²) in [6.45, 7) is 1.45. The van der Waals surface area contributed by atoms with Gasteiger partial charge in [-0.1, -0.05) is 0 Å². The van der Waals surface area contributed by atoms with E-state index in [9.17, 15) is 19.6 Å². The van der Waals surface area contributed by atoms with Crippen LogP contribution in [0.3, 0.4) is 0 Å². The van der Waals surface area contributed by atoms with E-state index in [0.29, 0.717) is 39.0 Å². The fourth-order valence-electron chi connectivity index (χ4n) is 3.50. The van der Waals surface area contributed by atoms with E-state index in [1.807, 2.05) is 0 Å². The Hall–Kier alpha value is -1.91. The molecule has 0 saturated carbocycles. The molecule has 26 heavy (non-hydrogen) atoms. The van der Waals surface area contributed by atoms with Gasteiger partial charge in [-0.25, -0.2) is 4.68 Å². The van der Waals surface area contributed by atoms with Crippen LogP contribution in [0, 0.1) is 5.92 Å². The predicted molar refractivity (Wildman–Crippen MR) is 91.5 cm³/mol. The Morgan fingerprint density at radius 2 is 2.00 bits per heavy atom. The zero-order valence-corrected chi connectivity index (χ0v) is 14.8. The zero-order chi connectivity index (χ0) is 18.7. The number of hydrogen-bond donors (Lipinski definition) is 2. The van der Waals surface area contributed by atoms with E-state index in [2.05, 4.69) is 5.10 Å². The molecule has 1 amide bonds. The molecule has 1 unspecified atom stereocenters. The van der Waals surface area contributed by atoms with Crippen LogP contribution in [0.2, 0.25) is 0 Å². The highest BCUT2D eigenvalue weighted by atomic mass is 16.5. The van der Waals surface area contributed by atoms with Crippen molar-refractivity contribution in [3.05, 3.63) is 11.8 Å². The molecule has 0 radical (unpaired) electrons. The van der Waals surface area contributed by atoms with Gasteiger partial charge in [0, 0.05) is 19.7 Å². The van der Waals surface area contributed by atoms with Gasteiger partial charge < -0.3 is 24.4 Å². The van der Waals surface area contributed by atoms with E-state index >= 15 is 0 Å². The lowest BCUT2D eigenvalue weighted by Crippen LogP contribution is -2.40. The second-order valence-corrected chi connectivity index (χ2v) is 6.68. The number of carbonyl (C=O) groups excluding carboxylic acids is 2. The smallest absolute Gasteiger partial charge is 0.469 e. The molecule has 0 spiro atoms. The van der Waals surface area contributed by atoms with Crippen molar-refractivity contribution in [2.75, 3.05) is 26.8 Å². The van der Waals surface area contributed by atoms with Crippen LogP contribution in [0.5, 0.6) is 0 Å². The molecule has 10 heteroatoms. The number of nitrogens with zero attached hydrogens (tertiary/aromatic N) is 3. The molecule has 1 atom stereocenters. The Bertz CT molecular complexity index is 650. The topological polar surface area (TPSA) is 114 Å². The Morgan fingerprint density at radius 3 is 2.58 bits per heavy atom. The van der Waals surface area contributed by atoms with Crippen molar-refractivity contribution in [2.24, 2.45) is 5.92 Å². The second-order valence-electron chi connectivity index (χ2n) is 6.68. The lowest BCUT2D eigenvalue weighted by atomic mass is 9.85. The fourth-order valence-corrected chi connectivity index (χ4v) is 3.50. The number of methoxy groups -OCH3 is 1. The van der Waals surface area contributed by atoms with Gasteiger partial charge in [-0.05, 0) is 38.2 Å². The van der Waals surface area contributed by atoms with Crippen molar-refractivity contribution in [3.63, 3.8) is 0 Å². The van der Waals surface area contributed by atoms with Crippen molar-refractivity contribution in [1.29, 1.82) is 0 Å². The van der Waals surface area contributed by atoms with E-state index in [0.717, 1.165) is 12.8 Å². The monoisotopic (exact) mass is 365 g/mol. The summed E-state index contributed by atoms with van der Waals surface area (Å²) in [5.41, 5.74) is 0.295. The fraction of sp³-hybridized carbons (Fsp3) is 0.688. The molecule has 0 aromatic carbocycles. The lowest BCUT2D eigenvalue weighted by Gasteiger charge is -2.30. The minimum absolute atomic E-state index is 0.143. The quantitative estimate of drug-likeness (QED) is 0.535. The van der Waals surface area contributed by atoms with Crippen LogP contribution in [-0.2, 0) is 14.3 Å². The first-order valence-corrected chi connectivity index (χ1v) is 8.95. The third-order valence-electron chi connectivity index (χ3n) is 4.99. The van der Waals surface area contributed by atoms with Crippen LogP contribution in [0.1, 0.15) is 48.8 Å². The summed E-state index contributed by atoms with van der Waals surface area (Å²) in [4.78, 5) is 26.0. The van der Waals surface area contributed by atoms with Gasteiger partial charge in [0.15, 0.2) is 0 Å². The maximum Gasteiger partial charge on any atom is 0.507 e. The minimum Gasteiger partial charge on any atom is -0.469 e.